The molecule has 1 aliphatic heterocycles. The second kappa shape index (κ2) is 4.60. The van der Waals surface area contributed by atoms with E-state index in [-0.39, 0.29) is 0 Å². The molecule has 0 saturated heterocycles. The van der Waals surface area contributed by atoms with Crippen LogP contribution in [0.1, 0.15) is 18.1 Å². The van der Waals surface area contributed by atoms with Crippen molar-refractivity contribution in [1.29, 1.82) is 5.26 Å². The van der Waals surface area contributed by atoms with Gasteiger partial charge in [0.05, 0.1) is 22.3 Å². The van der Waals surface area contributed by atoms with Crippen molar-refractivity contribution in [2.75, 3.05) is 4.90 Å². The smallest absolute Gasteiger partial charge is 0.0992 e. The molecule has 1 aliphatic rings. The highest BCUT2D eigenvalue weighted by Crippen LogP contribution is 2.41. The van der Waals surface area contributed by atoms with Crippen LogP contribution in [-0.2, 0) is 6.42 Å². The van der Waals surface area contributed by atoms with E-state index in [4.69, 9.17) is 16.9 Å². The van der Waals surface area contributed by atoms with E-state index in [9.17, 15) is 0 Å². The van der Waals surface area contributed by atoms with Gasteiger partial charge in [0.1, 0.15) is 0 Å². The van der Waals surface area contributed by atoms with Gasteiger partial charge in [-0.25, -0.2) is 0 Å². The molecule has 2 aromatic rings. The van der Waals surface area contributed by atoms with Crippen LogP contribution in [0.25, 0.3) is 0 Å². The van der Waals surface area contributed by atoms with E-state index in [2.05, 4.69) is 36.1 Å². The Bertz CT molecular complexity index is 673. The Morgan fingerprint density at radius 1 is 1.21 bits per heavy atom. The highest BCUT2D eigenvalue weighted by atomic mass is 35.5. The van der Waals surface area contributed by atoms with Crippen LogP contribution >= 0.6 is 11.6 Å². The second-order valence-corrected chi connectivity index (χ2v) is 5.24. The Balaban J connectivity index is 2.10. The molecule has 0 N–H and O–H groups in total. The molecular formula is C16H13ClN2. The van der Waals surface area contributed by atoms with Crippen molar-refractivity contribution >= 4 is 23.0 Å². The van der Waals surface area contributed by atoms with E-state index in [1.807, 2.05) is 18.2 Å². The van der Waals surface area contributed by atoms with Gasteiger partial charge in [0.15, 0.2) is 0 Å². The van der Waals surface area contributed by atoms with E-state index in [1.54, 1.807) is 6.07 Å². The third kappa shape index (κ3) is 1.97. The molecule has 3 rings (SSSR count). The summed E-state index contributed by atoms with van der Waals surface area (Å²) in [5, 5.41) is 9.53. The molecule has 0 radical (unpaired) electrons. The molecule has 3 heteroatoms. The van der Waals surface area contributed by atoms with Crippen LogP contribution < -0.4 is 4.90 Å². The molecule has 0 bridgehead atoms. The summed E-state index contributed by atoms with van der Waals surface area (Å²) >= 11 is 6.33. The molecular weight excluding hydrogens is 256 g/mol. The molecule has 19 heavy (non-hydrogen) atoms. The van der Waals surface area contributed by atoms with Crippen molar-refractivity contribution in [3.63, 3.8) is 0 Å². The lowest BCUT2D eigenvalue weighted by Gasteiger charge is -2.26. The second-order valence-electron chi connectivity index (χ2n) is 4.83. The summed E-state index contributed by atoms with van der Waals surface area (Å²) in [6.07, 6.45) is 1.02. The molecule has 0 amide bonds. The first-order valence-electron chi connectivity index (χ1n) is 6.27. The van der Waals surface area contributed by atoms with E-state index >= 15 is 0 Å². The minimum absolute atomic E-state index is 0.378. The average molecular weight is 269 g/mol. The van der Waals surface area contributed by atoms with Gasteiger partial charge in [-0.15, -0.1) is 0 Å². The zero-order chi connectivity index (χ0) is 13.4. The molecule has 1 atom stereocenters. The molecule has 1 unspecified atom stereocenters. The summed E-state index contributed by atoms with van der Waals surface area (Å²) in [4.78, 5) is 2.25. The minimum Gasteiger partial charge on any atom is -0.337 e. The van der Waals surface area contributed by atoms with Crippen molar-refractivity contribution in [3.05, 3.63) is 58.6 Å². The monoisotopic (exact) mass is 268 g/mol. The zero-order valence-electron chi connectivity index (χ0n) is 10.6. The van der Waals surface area contributed by atoms with Crippen molar-refractivity contribution in [2.45, 2.75) is 19.4 Å². The van der Waals surface area contributed by atoms with E-state index < -0.39 is 0 Å². The summed E-state index contributed by atoms with van der Waals surface area (Å²) in [7, 11) is 0. The molecule has 0 aliphatic carbocycles. The standard InChI is InChI=1S/C16H13ClN2/c1-11-8-13-4-2-3-5-15(13)19(11)16-7-6-12(10-18)9-14(16)17/h2-7,9,11H,8H2,1H3. The summed E-state index contributed by atoms with van der Waals surface area (Å²) in [5.74, 6) is 0. The Morgan fingerprint density at radius 3 is 2.74 bits per heavy atom. The van der Waals surface area contributed by atoms with Gasteiger partial charge in [-0.2, -0.15) is 5.26 Å². The molecule has 1 heterocycles. The lowest BCUT2D eigenvalue weighted by atomic mass is 10.1. The number of fused-ring (bicyclic) bond motifs is 1. The number of benzene rings is 2. The van der Waals surface area contributed by atoms with Crippen LogP contribution in [-0.4, -0.2) is 6.04 Å². The Kier molecular flexibility index (Phi) is 2.93. The van der Waals surface area contributed by atoms with Crippen LogP contribution in [0.15, 0.2) is 42.5 Å². The highest BCUT2D eigenvalue weighted by Gasteiger charge is 2.27. The lowest BCUT2D eigenvalue weighted by Crippen LogP contribution is -2.24. The topological polar surface area (TPSA) is 27.0 Å². The summed E-state index contributed by atoms with van der Waals surface area (Å²) in [6.45, 7) is 2.19. The number of nitrogens with zero attached hydrogens (tertiary/aromatic N) is 2. The Hall–Kier alpha value is -1.98. The molecule has 0 spiro atoms. The maximum Gasteiger partial charge on any atom is 0.0992 e. The Labute approximate surface area is 117 Å². The lowest BCUT2D eigenvalue weighted by molar-refractivity contribution is 0.759. The highest BCUT2D eigenvalue weighted by molar-refractivity contribution is 6.33. The molecule has 2 nitrogen and oxygen atoms in total. The van der Waals surface area contributed by atoms with Crippen LogP contribution in [0.4, 0.5) is 11.4 Å². The van der Waals surface area contributed by atoms with Crippen molar-refractivity contribution < 1.29 is 0 Å². The van der Waals surface area contributed by atoms with Gasteiger partial charge in [0.25, 0.3) is 0 Å². The fourth-order valence-corrected chi connectivity index (χ4v) is 2.98. The average Bonchev–Trinajstić information content (AvgIpc) is 2.75. The summed E-state index contributed by atoms with van der Waals surface area (Å²) in [6, 6.07) is 16.3. The fourth-order valence-electron chi connectivity index (χ4n) is 2.70. The molecule has 0 saturated carbocycles. The van der Waals surface area contributed by atoms with Crippen LogP contribution in [0.3, 0.4) is 0 Å². The number of anilines is 2. The third-order valence-electron chi connectivity index (χ3n) is 3.54. The largest absolute Gasteiger partial charge is 0.337 e. The predicted molar refractivity (Wildman–Crippen MR) is 77.9 cm³/mol. The number of hydrogen-bond acceptors (Lipinski definition) is 2. The van der Waals surface area contributed by atoms with Gasteiger partial charge in [0, 0.05) is 11.7 Å². The first-order chi connectivity index (χ1) is 9.20. The van der Waals surface area contributed by atoms with Gasteiger partial charge in [-0.3, -0.25) is 0 Å². The van der Waals surface area contributed by atoms with Crippen LogP contribution in [0.2, 0.25) is 5.02 Å². The SMILES string of the molecule is CC1Cc2ccccc2N1c1ccc(C#N)cc1Cl. The van der Waals surface area contributed by atoms with Gasteiger partial charge in [0.2, 0.25) is 0 Å². The Morgan fingerprint density at radius 2 is 2.00 bits per heavy atom. The molecule has 0 fully saturated rings. The number of halogens is 1. The summed E-state index contributed by atoms with van der Waals surface area (Å²) < 4.78 is 0. The summed E-state index contributed by atoms with van der Waals surface area (Å²) in [5.41, 5.74) is 4.11. The number of para-hydroxylation sites is 1. The van der Waals surface area contributed by atoms with Gasteiger partial charge in [-0.05, 0) is 43.2 Å². The normalized spacial score (nSPS) is 17.1. The van der Waals surface area contributed by atoms with Crippen LogP contribution in [0.5, 0.6) is 0 Å². The maximum absolute atomic E-state index is 8.91. The van der Waals surface area contributed by atoms with Crippen molar-refractivity contribution in [1.82, 2.24) is 0 Å². The van der Waals surface area contributed by atoms with E-state index in [1.165, 1.54) is 11.3 Å². The maximum atomic E-state index is 8.91. The van der Waals surface area contributed by atoms with E-state index in [0.717, 1.165) is 12.1 Å². The molecule has 0 aromatic heterocycles. The van der Waals surface area contributed by atoms with Crippen molar-refractivity contribution in [3.8, 4) is 6.07 Å². The predicted octanol–water partition coefficient (Wildman–Crippen LogP) is 4.29. The third-order valence-corrected chi connectivity index (χ3v) is 3.85. The molecule has 94 valence electrons. The number of rotatable bonds is 1. The zero-order valence-corrected chi connectivity index (χ0v) is 11.4. The number of nitriles is 1. The number of hydrogen-bond donors (Lipinski definition) is 0. The van der Waals surface area contributed by atoms with Gasteiger partial charge < -0.3 is 4.90 Å². The van der Waals surface area contributed by atoms with E-state index in [0.29, 0.717) is 16.6 Å². The van der Waals surface area contributed by atoms with Gasteiger partial charge >= 0.3 is 0 Å². The molecule has 2 aromatic carbocycles. The minimum atomic E-state index is 0.378. The quantitative estimate of drug-likeness (QED) is 0.771. The van der Waals surface area contributed by atoms with Crippen molar-refractivity contribution in [2.24, 2.45) is 0 Å². The fraction of sp³-hybridized carbons (Fsp3) is 0.188. The first-order valence-corrected chi connectivity index (χ1v) is 6.65. The van der Waals surface area contributed by atoms with Gasteiger partial charge in [-0.1, -0.05) is 29.8 Å². The first kappa shape index (κ1) is 12.1. The van der Waals surface area contributed by atoms with Crippen LogP contribution in [0, 0.1) is 11.3 Å².